The van der Waals surface area contributed by atoms with Gasteiger partial charge in [-0.1, -0.05) is 216 Å². The second-order valence-corrected chi connectivity index (χ2v) is 18.8. The minimum atomic E-state index is -0.789. The number of rotatable bonds is 51. The second kappa shape index (κ2) is 54.7. The van der Waals surface area contributed by atoms with E-state index in [1.54, 1.807) is 0 Å². The molecule has 0 aliphatic carbocycles. The average Bonchev–Trinajstić information content (AvgIpc) is 3.31. The Labute approximate surface area is 409 Å². The number of allylic oxidation sites excluding steroid dienone is 10. The van der Waals surface area contributed by atoms with Gasteiger partial charge in [0.1, 0.15) is 13.2 Å². The van der Waals surface area contributed by atoms with Gasteiger partial charge in [0.15, 0.2) is 6.10 Å². The van der Waals surface area contributed by atoms with Crippen molar-refractivity contribution >= 4 is 17.9 Å². The molecule has 0 N–H and O–H groups in total. The molecule has 0 fully saturated rings. The van der Waals surface area contributed by atoms with Crippen molar-refractivity contribution < 1.29 is 28.6 Å². The molecule has 0 aromatic rings. The number of esters is 3. The third-order valence-corrected chi connectivity index (χ3v) is 12.2. The molecule has 0 aliphatic heterocycles. The molecule has 0 aliphatic rings. The van der Waals surface area contributed by atoms with Crippen LogP contribution < -0.4 is 0 Å². The summed E-state index contributed by atoms with van der Waals surface area (Å²) < 4.78 is 16.8. The normalized spacial score (nSPS) is 12.5. The summed E-state index contributed by atoms with van der Waals surface area (Å²) in [5, 5.41) is 0. The van der Waals surface area contributed by atoms with Crippen LogP contribution in [0.3, 0.4) is 0 Å². The van der Waals surface area contributed by atoms with Gasteiger partial charge < -0.3 is 14.2 Å². The van der Waals surface area contributed by atoms with E-state index in [1.807, 2.05) is 0 Å². The van der Waals surface area contributed by atoms with E-state index in [0.717, 1.165) is 103 Å². The summed E-state index contributed by atoms with van der Waals surface area (Å²) in [6, 6.07) is 0. The average molecular weight is 924 g/mol. The van der Waals surface area contributed by atoms with Gasteiger partial charge in [0, 0.05) is 19.3 Å². The van der Waals surface area contributed by atoms with Gasteiger partial charge in [0.25, 0.3) is 0 Å². The summed E-state index contributed by atoms with van der Waals surface area (Å²) in [4.78, 5) is 38.1. The van der Waals surface area contributed by atoms with Gasteiger partial charge in [-0.3, -0.25) is 14.4 Å². The molecular weight excluding hydrogens is 817 g/mol. The fraction of sp³-hybridized carbons (Fsp3) is 0.783. The number of unbranched alkanes of at least 4 members (excludes halogenated alkanes) is 30. The maximum absolute atomic E-state index is 12.8. The minimum absolute atomic E-state index is 0.0861. The Bertz CT molecular complexity index is 1200. The van der Waals surface area contributed by atoms with Crippen molar-refractivity contribution in [2.45, 2.75) is 290 Å². The maximum atomic E-state index is 12.8. The summed E-state index contributed by atoms with van der Waals surface area (Å²) in [6.45, 7) is 6.58. The molecule has 0 bridgehead atoms. The van der Waals surface area contributed by atoms with Crippen LogP contribution in [0.2, 0.25) is 0 Å². The lowest BCUT2D eigenvalue weighted by Crippen LogP contribution is -2.30. The van der Waals surface area contributed by atoms with Crippen molar-refractivity contribution in [2.24, 2.45) is 0 Å². The van der Waals surface area contributed by atoms with Gasteiger partial charge in [-0.25, -0.2) is 0 Å². The predicted molar refractivity (Wildman–Crippen MR) is 284 cm³/mol. The Kier molecular flexibility index (Phi) is 52.3. The molecule has 0 amide bonds. The van der Waals surface area contributed by atoms with Crippen LogP contribution in [0, 0.1) is 0 Å². The first-order valence-corrected chi connectivity index (χ1v) is 28.3. The van der Waals surface area contributed by atoms with Crippen molar-refractivity contribution in [1.82, 2.24) is 0 Å². The van der Waals surface area contributed by atoms with Gasteiger partial charge in [-0.15, -0.1) is 0 Å². The van der Waals surface area contributed by atoms with Crippen molar-refractivity contribution in [1.29, 1.82) is 0 Å². The summed E-state index contributed by atoms with van der Waals surface area (Å²) in [7, 11) is 0. The van der Waals surface area contributed by atoms with Crippen LogP contribution >= 0.6 is 0 Å². The van der Waals surface area contributed by atoms with E-state index in [0.29, 0.717) is 19.3 Å². The van der Waals surface area contributed by atoms with Gasteiger partial charge >= 0.3 is 17.9 Å². The third kappa shape index (κ3) is 52.1. The lowest BCUT2D eigenvalue weighted by atomic mass is 10.1. The summed E-state index contributed by atoms with van der Waals surface area (Å²) in [5.74, 6) is -0.910. The summed E-state index contributed by atoms with van der Waals surface area (Å²) >= 11 is 0. The van der Waals surface area contributed by atoms with E-state index in [-0.39, 0.29) is 31.1 Å². The van der Waals surface area contributed by atoms with Gasteiger partial charge in [0.2, 0.25) is 0 Å². The van der Waals surface area contributed by atoms with Crippen LogP contribution in [-0.2, 0) is 28.6 Å². The second-order valence-electron chi connectivity index (χ2n) is 18.8. The van der Waals surface area contributed by atoms with Gasteiger partial charge in [0.05, 0.1) is 0 Å². The molecule has 1 atom stereocenters. The van der Waals surface area contributed by atoms with E-state index in [2.05, 4.69) is 81.5 Å². The van der Waals surface area contributed by atoms with Crippen LogP contribution in [0.25, 0.3) is 0 Å². The van der Waals surface area contributed by atoms with Crippen molar-refractivity contribution in [3.05, 3.63) is 60.8 Å². The highest BCUT2D eigenvalue weighted by molar-refractivity contribution is 5.71. The predicted octanol–water partition coefficient (Wildman–Crippen LogP) is 18.8. The minimum Gasteiger partial charge on any atom is -0.462 e. The van der Waals surface area contributed by atoms with Crippen LogP contribution in [0.15, 0.2) is 60.8 Å². The quantitative estimate of drug-likeness (QED) is 0.0262. The largest absolute Gasteiger partial charge is 0.462 e. The first-order valence-electron chi connectivity index (χ1n) is 28.3. The molecule has 0 saturated carbocycles. The number of ether oxygens (including phenoxy) is 3. The van der Waals surface area contributed by atoms with Crippen molar-refractivity contribution in [3.8, 4) is 0 Å². The highest BCUT2D eigenvalue weighted by Crippen LogP contribution is 2.15. The first kappa shape index (κ1) is 63.1. The zero-order chi connectivity index (χ0) is 47.9. The lowest BCUT2D eigenvalue weighted by molar-refractivity contribution is -0.167. The first-order chi connectivity index (χ1) is 32.5. The fourth-order valence-electron chi connectivity index (χ4n) is 7.91. The van der Waals surface area contributed by atoms with E-state index >= 15 is 0 Å². The zero-order valence-corrected chi connectivity index (χ0v) is 43.7. The maximum Gasteiger partial charge on any atom is 0.306 e. The molecule has 0 saturated heterocycles. The smallest absolute Gasteiger partial charge is 0.306 e. The van der Waals surface area contributed by atoms with Crippen molar-refractivity contribution in [3.63, 3.8) is 0 Å². The fourth-order valence-corrected chi connectivity index (χ4v) is 7.91. The number of hydrogen-bond donors (Lipinski definition) is 0. The SMILES string of the molecule is CCCCC/C=C\C/C=C\CCCCCCCC(=O)OCC(COC(=O)CCCCCCCCC/C=C\CCCCCCCCC)OC(=O)CCCCCCC/C=C\C/C=C\CCCCC. The molecule has 0 radical (unpaired) electrons. The van der Waals surface area contributed by atoms with E-state index in [4.69, 9.17) is 14.2 Å². The monoisotopic (exact) mass is 923 g/mol. The molecule has 0 aromatic heterocycles. The number of hydrogen-bond acceptors (Lipinski definition) is 6. The Morgan fingerprint density at radius 1 is 0.303 bits per heavy atom. The molecule has 0 heterocycles. The Balaban J connectivity index is 4.41. The standard InChI is InChI=1S/C60H106O6/c1-4-7-10-13-16-19-22-25-28-29-30-33-35-38-41-44-47-50-53-59(62)65-56-57(66-60(63)54-51-48-45-42-39-36-32-27-24-21-18-15-12-9-6-3)55-64-58(61)52-49-46-43-40-37-34-31-26-23-20-17-14-11-8-5-2/h17-18,20-21,26-29,31-32,57H,4-16,19,22-25,30,33-56H2,1-3H3/b20-17-,21-18-,29-28-,31-26-,32-27-. The number of carbonyl (C=O) groups is 3. The molecule has 0 rings (SSSR count). The molecule has 6 heteroatoms. The highest BCUT2D eigenvalue weighted by Gasteiger charge is 2.19. The molecule has 0 spiro atoms. The highest BCUT2D eigenvalue weighted by atomic mass is 16.6. The van der Waals surface area contributed by atoms with Gasteiger partial charge in [-0.2, -0.15) is 0 Å². The Morgan fingerprint density at radius 2 is 0.545 bits per heavy atom. The van der Waals surface area contributed by atoms with Crippen LogP contribution in [0.1, 0.15) is 284 Å². The lowest BCUT2D eigenvalue weighted by Gasteiger charge is -2.18. The van der Waals surface area contributed by atoms with E-state index in [9.17, 15) is 14.4 Å². The molecule has 0 aromatic carbocycles. The molecule has 1 unspecified atom stereocenters. The molecule has 382 valence electrons. The van der Waals surface area contributed by atoms with Crippen LogP contribution in [0.4, 0.5) is 0 Å². The van der Waals surface area contributed by atoms with E-state index < -0.39 is 6.10 Å². The third-order valence-electron chi connectivity index (χ3n) is 12.2. The van der Waals surface area contributed by atoms with Crippen molar-refractivity contribution in [2.75, 3.05) is 13.2 Å². The molecule has 66 heavy (non-hydrogen) atoms. The molecule has 6 nitrogen and oxygen atoms in total. The topological polar surface area (TPSA) is 78.9 Å². The van der Waals surface area contributed by atoms with Gasteiger partial charge in [-0.05, 0) is 109 Å². The Hall–Kier alpha value is -2.89. The number of carbonyl (C=O) groups excluding carboxylic acids is 3. The van der Waals surface area contributed by atoms with Crippen LogP contribution in [0.5, 0.6) is 0 Å². The van der Waals surface area contributed by atoms with Crippen LogP contribution in [-0.4, -0.2) is 37.2 Å². The summed E-state index contributed by atoms with van der Waals surface area (Å²) in [6.07, 6.45) is 67.7. The summed E-state index contributed by atoms with van der Waals surface area (Å²) in [5.41, 5.74) is 0. The molecular formula is C60H106O6. The van der Waals surface area contributed by atoms with E-state index in [1.165, 1.54) is 141 Å². The Morgan fingerprint density at radius 3 is 0.879 bits per heavy atom. The zero-order valence-electron chi connectivity index (χ0n) is 43.7.